The number of aromatic nitrogens is 3. The summed E-state index contributed by atoms with van der Waals surface area (Å²) in [5.74, 6) is 2.03. The zero-order valence-corrected chi connectivity index (χ0v) is 19.9. The molecule has 0 N–H and O–H groups in total. The molecule has 2 aliphatic heterocycles. The molecule has 180 valence electrons. The van der Waals surface area contributed by atoms with E-state index in [1.807, 2.05) is 4.90 Å². The van der Waals surface area contributed by atoms with Crippen molar-refractivity contribution in [3.05, 3.63) is 36.6 Å². The highest BCUT2D eigenvalue weighted by Gasteiger charge is 2.29. The van der Waals surface area contributed by atoms with Gasteiger partial charge in [-0.1, -0.05) is 20.8 Å². The van der Waals surface area contributed by atoms with Crippen LogP contribution in [0.4, 0.5) is 20.3 Å². The van der Waals surface area contributed by atoms with Gasteiger partial charge in [0.05, 0.1) is 6.61 Å². The number of hydrogen-bond acceptors (Lipinski definition) is 6. The van der Waals surface area contributed by atoms with Crippen molar-refractivity contribution in [2.24, 2.45) is 23.7 Å². The van der Waals surface area contributed by atoms with Crippen LogP contribution in [0.3, 0.4) is 0 Å². The smallest absolute Gasteiger partial charge is 0.255 e. The maximum Gasteiger partial charge on any atom is 0.255 e. The van der Waals surface area contributed by atoms with Gasteiger partial charge in [-0.2, -0.15) is 8.78 Å². The van der Waals surface area contributed by atoms with E-state index in [-0.39, 0.29) is 0 Å². The number of anilines is 2. The van der Waals surface area contributed by atoms with Crippen molar-refractivity contribution >= 4 is 11.5 Å². The molecule has 1 unspecified atom stereocenters. The normalized spacial score (nSPS) is 19.2. The van der Waals surface area contributed by atoms with Gasteiger partial charge in [0.1, 0.15) is 11.4 Å². The third-order valence-corrected chi connectivity index (χ3v) is 7.42. The molecule has 4 heterocycles. The molecule has 33 heavy (non-hydrogen) atoms. The molecule has 6 nitrogen and oxygen atoms in total. The zero-order chi connectivity index (χ0) is 23.4. The molecular formula is C25H35F2N5O. The van der Waals surface area contributed by atoms with Crippen LogP contribution in [0.5, 0.6) is 5.75 Å². The molecule has 2 aromatic heterocycles. The van der Waals surface area contributed by atoms with Gasteiger partial charge in [-0.15, -0.1) is 0 Å². The summed E-state index contributed by atoms with van der Waals surface area (Å²) in [7, 11) is 0. The van der Waals surface area contributed by atoms with Gasteiger partial charge < -0.3 is 14.5 Å². The summed E-state index contributed by atoms with van der Waals surface area (Å²) in [6.07, 6.45) is 8.36. The molecule has 0 amide bonds. The van der Waals surface area contributed by atoms with E-state index in [9.17, 15) is 8.78 Å². The molecule has 0 aliphatic carbocycles. The Morgan fingerprint density at radius 1 is 0.848 bits per heavy atom. The van der Waals surface area contributed by atoms with Crippen molar-refractivity contribution in [1.29, 1.82) is 0 Å². The molecule has 2 aromatic rings. The van der Waals surface area contributed by atoms with E-state index in [0.29, 0.717) is 47.5 Å². The van der Waals surface area contributed by atoms with Gasteiger partial charge in [0.15, 0.2) is 5.82 Å². The Bertz CT molecular complexity index is 911. The molecule has 0 bridgehead atoms. The Balaban J connectivity index is 1.33. The third-order valence-electron chi connectivity index (χ3n) is 7.42. The Labute approximate surface area is 195 Å². The van der Waals surface area contributed by atoms with Crippen molar-refractivity contribution in [2.45, 2.75) is 46.5 Å². The highest BCUT2D eigenvalue weighted by molar-refractivity contribution is 5.58. The second-order valence-corrected chi connectivity index (χ2v) is 9.80. The minimum absolute atomic E-state index is 0.301. The van der Waals surface area contributed by atoms with E-state index >= 15 is 0 Å². The molecule has 2 fully saturated rings. The number of ether oxygens (including phenoxy) is 1. The fourth-order valence-corrected chi connectivity index (χ4v) is 5.17. The summed E-state index contributed by atoms with van der Waals surface area (Å²) in [5.41, 5.74) is 0.500. The van der Waals surface area contributed by atoms with Gasteiger partial charge in [0, 0.05) is 50.8 Å². The number of pyridine rings is 1. The first-order valence-corrected chi connectivity index (χ1v) is 12.2. The first kappa shape index (κ1) is 23.6. The molecule has 2 saturated heterocycles. The van der Waals surface area contributed by atoms with Gasteiger partial charge in [0.25, 0.3) is 5.95 Å². The lowest BCUT2D eigenvalue weighted by Crippen LogP contribution is -2.38. The fraction of sp³-hybridized carbons (Fsp3) is 0.640. The summed E-state index contributed by atoms with van der Waals surface area (Å²) in [6.45, 7) is 10.3. The number of nitrogens with zero attached hydrogens (tertiary/aromatic N) is 5. The minimum atomic E-state index is -0.517. The van der Waals surface area contributed by atoms with Crippen LogP contribution in [0.1, 0.15) is 46.5 Å². The van der Waals surface area contributed by atoms with Crippen molar-refractivity contribution in [1.82, 2.24) is 15.0 Å². The monoisotopic (exact) mass is 459 g/mol. The maximum atomic E-state index is 14.7. The van der Waals surface area contributed by atoms with Crippen LogP contribution in [0.25, 0.3) is 0 Å². The molecule has 2 aliphatic rings. The first-order valence-electron chi connectivity index (χ1n) is 12.2. The average Bonchev–Trinajstić information content (AvgIpc) is 2.83. The molecule has 1 atom stereocenters. The Morgan fingerprint density at radius 2 is 1.45 bits per heavy atom. The summed E-state index contributed by atoms with van der Waals surface area (Å²) >= 11 is 0. The number of halogens is 2. The number of rotatable bonds is 7. The van der Waals surface area contributed by atoms with Crippen molar-refractivity contribution < 1.29 is 13.5 Å². The summed E-state index contributed by atoms with van der Waals surface area (Å²) in [5, 5.41) is 0. The highest BCUT2D eigenvalue weighted by atomic mass is 19.1. The summed E-state index contributed by atoms with van der Waals surface area (Å²) in [6, 6.07) is 1.78. The van der Waals surface area contributed by atoms with E-state index in [1.54, 1.807) is 6.07 Å². The van der Waals surface area contributed by atoms with E-state index in [4.69, 9.17) is 4.74 Å². The van der Waals surface area contributed by atoms with Gasteiger partial charge in [0.2, 0.25) is 5.95 Å². The lowest BCUT2D eigenvalue weighted by Gasteiger charge is -2.36. The fourth-order valence-electron chi connectivity index (χ4n) is 5.17. The van der Waals surface area contributed by atoms with Crippen molar-refractivity contribution in [2.75, 3.05) is 42.6 Å². The number of hydrogen-bond donors (Lipinski definition) is 0. The van der Waals surface area contributed by atoms with Crippen LogP contribution in [0.2, 0.25) is 0 Å². The first-order chi connectivity index (χ1) is 15.9. The van der Waals surface area contributed by atoms with Crippen molar-refractivity contribution in [3.63, 3.8) is 0 Å². The van der Waals surface area contributed by atoms with Crippen LogP contribution in [0, 0.1) is 35.6 Å². The third kappa shape index (κ3) is 5.53. The Morgan fingerprint density at radius 3 is 2.12 bits per heavy atom. The Kier molecular flexibility index (Phi) is 7.60. The topological polar surface area (TPSA) is 54.4 Å². The van der Waals surface area contributed by atoms with E-state index in [0.717, 1.165) is 51.9 Å². The van der Waals surface area contributed by atoms with Crippen LogP contribution in [-0.2, 0) is 0 Å². The lowest BCUT2D eigenvalue weighted by molar-refractivity contribution is 0.185. The molecular weight excluding hydrogens is 424 g/mol. The highest BCUT2D eigenvalue weighted by Crippen LogP contribution is 2.36. The Hall–Kier alpha value is -2.51. The van der Waals surface area contributed by atoms with Crippen LogP contribution >= 0.6 is 0 Å². The predicted molar refractivity (Wildman–Crippen MR) is 126 cm³/mol. The van der Waals surface area contributed by atoms with Crippen molar-refractivity contribution in [3.8, 4) is 5.75 Å². The van der Waals surface area contributed by atoms with Crippen LogP contribution in [-0.4, -0.2) is 47.7 Å². The zero-order valence-electron chi connectivity index (χ0n) is 19.9. The molecule has 0 aromatic carbocycles. The van der Waals surface area contributed by atoms with Gasteiger partial charge >= 0.3 is 0 Å². The summed E-state index contributed by atoms with van der Waals surface area (Å²) < 4.78 is 34.8. The minimum Gasteiger partial charge on any atom is -0.491 e. The van der Waals surface area contributed by atoms with Gasteiger partial charge in [-0.25, -0.2) is 15.0 Å². The molecule has 0 radical (unpaired) electrons. The quantitative estimate of drug-likeness (QED) is 0.546. The van der Waals surface area contributed by atoms with Gasteiger partial charge in [-0.05, 0) is 49.4 Å². The van der Waals surface area contributed by atoms with Crippen LogP contribution in [0.15, 0.2) is 24.7 Å². The van der Waals surface area contributed by atoms with Crippen LogP contribution < -0.4 is 14.5 Å². The maximum absolute atomic E-state index is 14.7. The van der Waals surface area contributed by atoms with E-state index in [2.05, 4.69) is 40.6 Å². The second-order valence-electron chi connectivity index (χ2n) is 9.80. The van der Waals surface area contributed by atoms with E-state index < -0.39 is 11.9 Å². The SMILES string of the molecule is CC(C)C1CCN(c2c(OCC(C)C3CCN(c4nccnc4F)CC3)ccnc2F)CC1. The largest absolute Gasteiger partial charge is 0.491 e. The molecule has 8 heteroatoms. The molecule has 0 spiro atoms. The number of piperidine rings is 2. The summed E-state index contributed by atoms with van der Waals surface area (Å²) in [4.78, 5) is 15.8. The lowest BCUT2D eigenvalue weighted by atomic mass is 9.86. The van der Waals surface area contributed by atoms with E-state index in [1.165, 1.54) is 18.6 Å². The van der Waals surface area contributed by atoms with Gasteiger partial charge in [-0.3, -0.25) is 0 Å². The standard InChI is InChI=1S/C25H35F2N5O/c1-17(2)19-5-12-31(13-6-19)22-21(4-9-28-23(22)26)33-16-18(3)20-7-14-32(15-8-20)25-24(27)29-10-11-30-25/h4,9-11,17-20H,5-8,12-16H2,1-3H3. The molecule has 0 saturated carbocycles. The second kappa shape index (κ2) is 10.6. The average molecular weight is 460 g/mol. The predicted octanol–water partition coefficient (Wildman–Crippen LogP) is 4.95. The molecule has 4 rings (SSSR count).